The van der Waals surface area contributed by atoms with Crippen LogP contribution >= 0.6 is 0 Å². The van der Waals surface area contributed by atoms with Crippen molar-refractivity contribution >= 4 is 15.9 Å². The van der Waals surface area contributed by atoms with Crippen molar-refractivity contribution in [2.45, 2.75) is 17.9 Å². The molecule has 0 radical (unpaired) electrons. The highest BCUT2D eigenvalue weighted by atomic mass is 32.2. The molecule has 166 valence electrons. The Kier molecular flexibility index (Phi) is 6.05. The topological polar surface area (TPSA) is 82.1 Å². The summed E-state index contributed by atoms with van der Waals surface area (Å²) in [7, 11) is -1.09. The van der Waals surface area contributed by atoms with E-state index in [4.69, 9.17) is 14.2 Å². The maximum Gasteiger partial charge on any atom is 0.268 e. The van der Waals surface area contributed by atoms with Gasteiger partial charge in [-0.3, -0.25) is 4.79 Å². The number of ether oxygens (including phenoxy) is 3. The van der Waals surface area contributed by atoms with Crippen LogP contribution in [0.15, 0.2) is 71.6 Å². The molecular weight excluding hydrogens is 430 g/mol. The second kappa shape index (κ2) is 8.92. The van der Waals surface area contributed by atoms with Gasteiger partial charge in [-0.15, -0.1) is 0 Å². The van der Waals surface area contributed by atoms with E-state index in [9.17, 15) is 13.2 Å². The highest BCUT2D eigenvalue weighted by Crippen LogP contribution is 2.35. The molecule has 4 rings (SSSR count). The van der Waals surface area contributed by atoms with Crippen LogP contribution in [0.3, 0.4) is 0 Å². The molecule has 8 heteroatoms. The molecule has 1 aliphatic heterocycles. The number of fused-ring (bicyclic) bond motifs is 1. The largest absolute Gasteiger partial charge is 0.497 e. The minimum absolute atomic E-state index is 0.00318. The van der Waals surface area contributed by atoms with Gasteiger partial charge < -0.3 is 14.2 Å². The number of carbonyl (C=O) groups is 1. The first kappa shape index (κ1) is 21.7. The summed E-state index contributed by atoms with van der Waals surface area (Å²) in [5.41, 5.74) is 2.00. The van der Waals surface area contributed by atoms with Gasteiger partial charge in [-0.1, -0.05) is 36.4 Å². The monoisotopic (exact) mass is 453 g/mol. The minimum Gasteiger partial charge on any atom is -0.497 e. The molecule has 1 aliphatic rings. The lowest BCUT2D eigenvalue weighted by Crippen LogP contribution is -2.42. The number of nitrogens with zero attached hydrogens (tertiary/aromatic N) is 1. The molecule has 0 bridgehead atoms. The van der Waals surface area contributed by atoms with Gasteiger partial charge in [0, 0.05) is 18.2 Å². The predicted octanol–water partition coefficient (Wildman–Crippen LogP) is 3.67. The standard InChI is InChI=1S/C24H23NO6S/c1-29-19-9-6-10-20(14-19)32(27,28)25-12-11-18-13-23(22(30-2)15-21(18)24(25)26)31-16-17-7-4-3-5-8-17/h3-10,13-15H,11-12,16H2,1-2H3. The van der Waals surface area contributed by atoms with Gasteiger partial charge in [0.2, 0.25) is 0 Å². The Balaban J connectivity index is 1.62. The van der Waals surface area contributed by atoms with Crippen molar-refractivity contribution in [2.24, 2.45) is 0 Å². The van der Waals surface area contributed by atoms with Crippen LogP contribution in [0.1, 0.15) is 21.5 Å². The third-order valence-electron chi connectivity index (χ3n) is 5.30. The minimum atomic E-state index is -4.03. The number of hydrogen-bond acceptors (Lipinski definition) is 6. The molecule has 0 aliphatic carbocycles. The van der Waals surface area contributed by atoms with Gasteiger partial charge in [0.1, 0.15) is 12.4 Å². The van der Waals surface area contributed by atoms with Crippen molar-refractivity contribution in [3.05, 3.63) is 83.4 Å². The van der Waals surface area contributed by atoms with E-state index in [1.165, 1.54) is 26.4 Å². The van der Waals surface area contributed by atoms with Crippen LogP contribution in [-0.4, -0.2) is 39.4 Å². The van der Waals surface area contributed by atoms with Crippen molar-refractivity contribution in [1.29, 1.82) is 0 Å². The lowest BCUT2D eigenvalue weighted by Gasteiger charge is -2.28. The zero-order valence-electron chi connectivity index (χ0n) is 17.8. The highest BCUT2D eigenvalue weighted by molar-refractivity contribution is 7.89. The summed E-state index contributed by atoms with van der Waals surface area (Å²) in [6, 6.07) is 19.1. The number of methoxy groups -OCH3 is 2. The van der Waals surface area contributed by atoms with E-state index in [-0.39, 0.29) is 17.0 Å². The molecule has 0 unspecified atom stereocenters. The Morgan fingerprint density at radius 3 is 2.41 bits per heavy atom. The van der Waals surface area contributed by atoms with E-state index in [0.717, 1.165) is 15.4 Å². The number of carbonyl (C=O) groups excluding carboxylic acids is 1. The van der Waals surface area contributed by atoms with Crippen LogP contribution in [0.2, 0.25) is 0 Å². The van der Waals surface area contributed by atoms with Gasteiger partial charge in [0.05, 0.1) is 19.1 Å². The lowest BCUT2D eigenvalue weighted by molar-refractivity contribution is 0.0849. The SMILES string of the molecule is COc1cccc(S(=O)(=O)N2CCc3cc(OCc4ccccc4)c(OC)cc3C2=O)c1. The highest BCUT2D eigenvalue weighted by Gasteiger charge is 2.35. The van der Waals surface area contributed by atoms with Gasteiger partial charge in [0.25, 0.3) is 15.9 Å². The van der Waals surface area contributed by atoms with Crippen LogP contribution < -0.4 is 14.2 Å². The van der Waals surface area contributed by atoms with Gasteiger partial charge >= 0.3 is 0 Å². The van der Waals surface area contributed by atoms with E-state index in [0.29, 0.717) is 30.3 Å². The summed E-state index contributed by atoms with van der Waals surface area (Å²) in [6.45, 7) is 0.385. The molecule has 0 aromatic heterocycles. The number of hydrogen-bond donors (Lipinski definition) is 0. The molecule has 0 N–H and O–H groups in total. The van der Waals surface area contributed by atoms with Gasteiger partial charge in [-0.05, 0) is 41.8 Å². The molecular formula is C24H23NO6S. The molecule has 3 aromatic rings. The maximum absolute atomic E-state index is 13.2. The zero-order chi connectivity index (χ0) is 22.7. The van der Waals surface area contributed by atoms with Crippen molar-refractivity contribution < 1.29 is 27.4 Å². The van der Waals surface area contributed by atoms with E-state index in [1.54, 1.807) is 24.3 Å². The summed E-state index contributed by atoms with van der Waals surface area (Å²) >= 11 is 0. The predicted molar refractivity (Wildman–Crippen MR) is 119 cm³/mol. The van der Waals surface area contributed by atoms with E-state index >= 15 is 0 Å². The Hall–Kier alpha value is -3.52. The zero-order valence-corrected chi connectivity index (χ0v) is 18.6. The average molecular weight is 454 g/mol. The number of sulfonamides is 1. The van der Waals surface area contributed by atoms with E-state index < -0.39 is 15.9 Å². The molecule has 0 saturated heterocycles. The normalized spacial score (nSPS) is 13.4. The summed E-state index contributed by atoms with van der Waals surface area (Å²) in [6.07, 6.45) is 0.371. The van der Waals surface area contributed by atoms with Gasteiger partial charge in [-0.2, -0.15) is 0 Å². The fourth-order valence-corrected chi connectivity index (χ4v) is 5.01. The van der Waals surface area contributed by atoms with Crippen LogP contribution in [0.25, 0.3) is 0 Å². The summed E-state index contributed by atoms with van der Waals surface area (Å²) in [4.78, 5) is 13.2. The maximum atomic E-state index is 13.2. The number of amides is 1. The number of rotatable bonds is 7. The Morgan fingerprint density at radius 2 is 1.69 bits per heavy atom. The Morgan fingerprint density at radius 1 is 0.906 bits per heavy atom. The summed E-state index contributed by atoms with van der Waals surface area (Å²) in [5.74, 6) is 0.681. The first-order valence-corrected chi connectivity index (χ1v) is 11.5. The van der Waals surface area contributed by atoms with Gasteiger partial charge in [0.15, 0.2) is 11.5 Å². The summed E-state index contributed by atoms with van der Waals surface area (Å²) in [5, 5.41) is 0. The van der Waals surface area contributed by atoms with Crippen LogP contribution in [0.5, 0.6) is 17.2 Å². The molecule has 1 amide bonds. The van der Waals surface area contributed by atoms with Crippen molar-refractivity contribution in [1.82, 2.24) is 4.31 Å². The molecule has 1 heterocycles. The van der Waals surface area contributed by atoms with E-state index in [1.807, 2.05) is 30.3 Å². The van der Waals surface area contributed by atoms with Crippen LogP contribution in [0, 0.1) is 0 Å². The van der Waals surface area contributed by atoms with Crippen molar-refractivity contribution in [3.63, 3.8) is 0 Å². The van der Waals surface area contributed by atoms with Crippen LogP contribution in [-0.2, 0) is 23.1 Å². The average Bonchev–Trinajstić information content (AvgIpc) is 2.83. The van der Waals surface area contributed by atoms with Crippen molar-refractivity contribution in [2.75, 3.05) is 20.8 Å². The van der Waals surface area contributed by atoms with E-state index in [2.05, 4.69) is 0 Å². The molecule has 3 aromatic carbocycles. The van der Waals surface area contributed by atoms with Gasteiger partial charge in [-0.25, -0.2) is 12.7 Å². The molecule has 32 heavy (non-hydrogen) atoms. The smallest absolute Gasteiger partial charge is 0.268 e. The first-order valence-electron chi connectivity index (χ1n) is 10.0. The molecule has 0 atom stereocenters. The molecule has 0 saturated carbocycles. The fraction of sp³-hybridized carbons (Fsp3) is 0.208. The lowest BCUT2D eigenvalue weighted by atomic mass is 9.99. The fourth-order valence-electron chi connectivity index (χ4n) is 3.59. The Bertz CT molecular complexity index is 1240. The first-order chi connectivity index (χ1) is 15.4. The van der Waals surface area contributed by atoms with Crippen molar-refractivity contribution in [3.8, 4) is 17.2 Å². The molecule has 7 nitrogen and oxygen atoms in total. The van der Waals surface area contributed by atoms with Crippen LogP contribution in [0.4, 0.5) is 0 Å². The third-order valence-corrected chi connectivity index (χ3v) is 7.08. The Labute approximate surface area is 187 Å². The number of benzene rings is 3. The molecule has 0 spiro atoms. The second-order valence-electron chi connectivity index (χ2n) is 7.25. The third kappa shape index (κ3) is 4.13. The summed E-state index contributed by atoms with van der Waals surface area (Å²) < 4.78 is 43.7. The molecule has 0 fully saturated rings. The quantitative estimate of drug-likeness (QED) is 0.543. The second-order valence-corrected chi connectivity index (χ2v) is 9.11.